The van der Waals surface area contributed by atoms with Gasteiger partial charge >= 0.3 is 18.2 Å². The molecule has 0 fully saturated rings. The lowest BCUT2D eigenvalue weighted by atomic mass is 9.98. The first-order valence-corrected chi connectivity index (χ1v) is 17.1. The van der Waals surface area contributed by atoms with Crippen molar-refractivity contribution in [1.82, 2.24) is 35.1 Å². The third kappa shape index (κ3) is 9.86. The molecular formula is C36H44N8O8. The molecule has 3 amide bonds. The zero-order chi connectivity index (χ0) is 37.3. The number of rotatable bonds is 16. The maximum Gasteiger partial charge on any atom is 0.407 e. The fourth-order valence-corrected chi connectivity index (χ4v) is 5.93. The van der Waals surface area contributed by atoms with Crippen molar-refractivity contribution in [2.45, 2.75) is 58.1 Å². The van der Waals surface area contributed by atoms with Crippen molar-refractivity contribution >= 4 is 41.2 Å². The fraction of sp³-hybridized carbons (Fsp3) is 0.417. The molecule has 0 saturated heterocycles. The Bertz CT molecular complexity index is 1920. The first-order valence-electron chi connectivity index (χ1n) is 17.1. The summed E-state index contributed by atoms with van der Waals surface area (Å²) in [5, 5.41) is 17.9. The van der Waals surface area contributed by atoms with E-state index in [-0.39, 0.29) is 49.3 Å². The lowest BCUT2D eigenvalue weighted by Crippen LogP contribution is -2.42. The number of carbonyl (C=O) groups is 4. The van der Waals surface area contributed by atoms with Crippen molar-refractivity contribution in [3.8, 4) is 11.1 Å². The van der Waals surface area contributed by atoms with Gasteiger partial charge < -0.3 is 40.0 Å². The monoisotopic (exact) mass is 716 g/mol. The molecule has 52 heavy (non-hydrogen) atoms. The Kier molecular flexibility index (Phi) is 12.1. The number of H-pyrrole nitrogens is 1. The second-order valence-corrected chi connectivity index (χ2v) is 13.3. The summed E-state index contributed by atoms with van der Waals surface area (Å²) in [6, 6.07) is 15.9. The van der Waals surface area contributed by atoms with Gasteiger partial charge in [-0.15, -0.1) is 0 Å². The maximum absolute atomic E-state index is 13.3. The third-order valence-corrected chi connectivity index (χ3v) is 8.27. The Labute approximate surface area is 299 Å². The van der Waals surface area contributed by atoms with Crippen molar-refractivity contribution in [3.05, 3.63) is 76.3 Å². The number of aromatic nitrogens is 4. The van der Waals surface area contributed by atoms with Gasteiger partial charge in [-0.05, 0) is 62.3 Å². The number of imidazole rings is 1. The van der Waals surface area contributed by atoms with E-state index in [1.54, 1.807) is 20.8 Å². The van der Waals surface area contributed by atoms with Gasteiger partial charge in [0.15, 0.2) is 11.2 Å². The Balaban J connectivity index is 1.10. The molecule has 0 aliphatic heterocycles. The molecule has 0 atom stereocenters. The van der Waals surface area contributed by atoms with Crippen molar-refractivity contribution in [1.29, 1.82) is 0 Å². The van der Waals surface area contributed by atoms with Gasteiger partial charge in [-0.25, -0.2) is 14.6 Å². The molecule has 0 saturated carbocycles. The van der Waals surface area contributed by atoms with Crippen LogP contribution in [-0.2, 0) is 25.6 Å². The molecule has 2 heterocycles. The summed E-state index contributed by atoms with van der Waals surface area (Å²) in [6.07, 6.45) is 2.38. The number of carbonyl (C=O) groups excluding carboxylic acids is 3. The predicted molar refractivity (Wildman–Crippen MR) is 192 cm³/mol. The van der Waals surface area contributed by atoms with Crippen molar-refractivity contribution < 1.29 is 33.8 Å². The molecule has 5 rings (SSSR count). The van der Waals surface area contributed by atoms with E-state index in [9.17, 15) is 29.1 Å². The maximum atomic E-state index is 13.3. The second kappa shape index (κ2) is 16.9. The van der Waals surface area contributed by atoms with Crippen molar-refractivity contribution in [2.24, 2.45) is 0 Å². The summed E-state index contributed by atoms with van der Waals surface area (Å²) >= 11 is 0. The van der Waals surface area contributed by atoms with Gasteiger partial charge in [-0.2, -0.15) is 4.98 Å². The van der Waals surface area contributed by atoms with Crippen LogP contribution in [0.5, 0.6) is 0 Å². The number of aliphatic carboxylic acids is 1. The van der Waals surface area contributed by atoms with Gasteiger partial charge in [-0.3, -0.25) is 19.4 Å². The Morgan fingerprint density at radius 3 is 2.25 bits per heavy atom. The molecule has 1 aliphatic carbocycles. The highest BCUT2D eigenvalue weighted by molar-refractivity contribution is 5.83. The molecular weight excluding hydrogens is 672 g/mol. The van der Waals surface area contributed by atoms with Crippen LogP contribution < -0.4 is 21.5 Å². The minimum absolute atomic E-state index is 0.0215. The van der Waals surface area contributed by atoms with Crippen LogP contribution in [0.15, 0.2) is 59.7 Å². The first-order chi connectivity index (χ1) is 24.9. The summed E-state index contributed by atoms with van der Waals surface area (Å²) in [5.41, 5.74) is 3.45. The number of hydrogen-bond acceptors (Lipinski definition) is 10. The Morgan fingerprint density at radius 2 is 1.58 bits per heavy atom. The lowest BCUT2D eigenvalue weighted by Gasteiger charge is -2.21. The van der Waals surface area contributed by atoms with Crippen LogP contribution in [0.1, 0.15) is 57.1 Å². The molecule has 0 unspecified atom stereocenters. The number of hydrogen-bond donors (Lipinski definition) is 5. The standard InChI is InChI=1S/C36H44N8O8/c1-36(2,3)52-35(50)38-16-10-4-9-15-37-33-41-31-30(32(48)42-33)40-22-44(31)19-28(45)43(20-29(46)47)18-17-39-34(49)51-21-27-25-13-7-5-11-23(25)24-12-6-8-14-26(24)27/h5-8,11-14,22,27H,4,9-10,15-21H2,1-3H3,(H,38,50)(H,39,49)(H,46,47)(H2,37,41,42,48). The largest absolute Gasteiger partial charge is 0.480 e. The summed E-state index contributed by atoms with van der Waals surface area (Å²) in [5.74, 6) is -1.74. The second-order valence-electron chi connectivity index (χ2n) is 13.3. The Morgan fingerprint density at radius 1 is 0.923 bits per heavy atom. The summed E-state index contributed by atoms with van der Waals surface area (Å²) in [7, 11) is 0. The van der Waals surface area contributed by atoms with Gasteiger partial charge in [-0.1, -0.05) is 48.5 Å². The average molecular weight is 717 g/mol. The smallest absolute Gasteiger partial charge is 0.407 e. The van der Waals surface area contributed by atoms with E-state index < -0.39 is 41.8 Å². The minimum Gasteiger partial charge on any atom is -0.480 e. The first kappa shape index (κ1) is 37.3. The van der Waals surface area contributed by atoms with Crippen LogP contribution in [0, 0.1) is 0 Å². The number of carboxylic acids is 1. The van der Waals surface area contributed by atoms with Crippen LogP contribution in [0.3, 0.4) is 0 Å². The molecule has 4 aromatic rings. The molecule has 1 aliphatic rings. The summed E-state index contributed by atoms with van der Waals surface area (Å²) in [6.45, 7) is 5.35. The average Bonchev–Trinajstić information content (AvgIpc) is 3.64. The van der Waals surface area contributed by atoms with Gasteiger partial charge in [0.05, 0.1) is 6.33 Å². The molecule has 0 bridgehead atoms. The van der Waals surface area contributed by atoms with E-state index in [2.05, 4.69) is 30.9 Å². The van der Waals surface area contributed by atoms with Crippen LogP contribution in [0.2, 0.25) is 0 Å². The number of aromatic amines is 1. The molecule has 5 N–H and O–H groups in total. The Hall–Kier alpha value is -5.93. The number of anilines is 1. The number of carboxylic acid groups (broad SMARTS) is 1. The molecule has 2 aromatic heterocycles. The van der Waals surface area contributed by atoms with E-state index in [4.69, 9.17) is 9.47 Å². The number of alkyl carbamates (subject to hydrolysis) is 2. The highest BCUT2D eigenvalue weighted by atomic mass is 16.6. The van der Waals surface area contributed by atoms with Crippen molar-refractivity contribution in [2.75, 3.05) is 44.6 Å². The molecule has 16 nitrogen and oxygen atoms in total. The fourth-order valence-electron chi connectivity index (χ4n) is 5.93. The van der Waals surface area contributed by atoms with E-state index in [0.717, 1.165) is 46.4 Å². The van der Waals surface area contributed by atoms with E-state index in [1.807, 2.05) is 48.5 Å². The molecule has 16 heteroatoms. The zero-order valence-electron chi connectivity index (χ0n) is 29.4. The quantitative estimate of drug-likeness (QED) is 0.106. The number of fused-ring (bicyclic) bond motifs is 4. The number of nitrogens with zero attached hydrogens (tertiary/aromatic N) is 4. The predicted octanol–water partition coefficient (Wildman–Crippen LogP) is 3.68. The number of nitrogens with one attached hydrogen (secondary N) is 4. The SMILES string of the molecule is CC(C)(C)OC(=O)NCCCCCNc1nc2c(ncn2CC(=O)N(CCNC(=O)OCC2c3ccccc3-c3ccccc32)CC(=O)O)c(=O)[nH]1. The number of benzene rings is 2. The van der Waals surface area contributed by atoms with Gasteiger partial charge in [0.2, 0.25) is 11.9 Å². The van der Waals surface area contributed by atoms with Crippen LogP contribution in [-0.4, -0.2) is 98.5 Å². The van der Waals surface area contributed by atoms with E-state index in [0.29, 0.717) is 13.1 Å². The lowest BCUT2D eigenvalue weighted by molar-refractivity contribution is -0.144. The molecule has 2 aromatic carbocycles. The van der Waals surface area contributed by atoms with Crippen molar-refractivity contribution in [3.63, 3.8) is 0 Å². The van der Waals surface area contributed by atoms with E-state index >= 15 is 0 Å². The minimum atomic E-state index is -1.23. The number of ether oxygens (including phenoxy) is 2. The summed E-state index contributed by atoms with van der Waals surface area (Å²) < 4.78 is 12.1. The topological polar surface area (TPSA) is 210 Å². The van der Waals surface area contributed by atoms with Crippen LogP contribution in [0.25, 0.3) is 22.3 Å². The van der Waals surface area contributed by atoms with Gasteiger partial charge in [0.1, 0.15) is 25.3 Å². The number of unbranched alkanes of at least 4 members (excludes halogenated alkanes) is 2. The highest BCUT2D eigenvalue weighted by Gasteiger charge is 2.29. The summed E-state index contributed by atoms with van der Waals surface area (Å²) in [4.78, 5) is 74.2. The van der Waals surface area contributed by atoms with Gasteiger partial charge in [0.25, 0.3) is 5.56 Å². The van der Waals surface area contributed by atoms with Crippen LogP contribution >= 0.6 is 0 Å². The van der Waals surface area contributed by atoms with Gasteiger partial charge in [0, 0.05) is 32.1 Å². The normalized spacial score (nSPS) is 12.1. The molecule has 0 spiro atoms. The highest BCUT2D eigenvalue weighted by Crippen LogP contribution is 2.44. The molecule has 0 radical (unpaired) electrons. The van der Waals surface area contributed by atoms with E-state index in [1.165, 1.54) is 10.9 Å². The number of amides is 3. The third-order valence-electron chi connectivity index (χ3n) is 8.27. The van der Waals surface area contributed by atoms with Crippen LogP contribution in [0.4, 0.5) is 15.5 Å². The zero-order valence-corrected chi connectivity index (χ0v) is 29.4. The molecule has 276 valence electrons.